The largest absolute Gasteiger partial charge is 0.493 e. The molecule has 0 saturated carbocycles. The number of nitro groups is 1. The second-order valence-corrected chi connectivity index (χ2v) is 7.19. The third-order valence-electron chi connectivity index (χ3n) is 4.71. The predicted octanol–water partition coefficient (Wildman–Crippen LogP) is 3.23. The summed E-state index contributed by atoms with van der Waals surface area (Å²) < 4.78 is 34.9. The van der Waals surface area contributed by atoms with Gasteiger partial charge in [0.05, 0.1) is 18.1 Å². The second-order valence-electron chi connectivity index (χ2n) is 7.19. The van der Waals surface area contributed by atoms with E-state index in [-0.39, 0.29) is 41.1 Å². The van der Waals surface area contributed by atoms with Crippen molar-refractivity contribution >= 4 is 18.1 Å². The summed E-state index contributed by atoms with van der Waals surface area (Å²) in [6.07, 6.45) is -1.88. The molecule has 0 spiro atoms. The minimum atomic E-state index is -2.68. The van der Waals surface area contributed by atoms with E-state index in [1.165, 1.54) is 13.2 Å². The van der Waals surface area contributed by atoms with E-state index in [0.29, 0.717) is 18.7 Å². The lowest BCUT2D eigenvalue weighted by Crippen LogP contribution is -2.52. The van der Waals surface area contributed by atoms with Gasteiger partial charge in [-0.25, -0.2) is 8.78 Å². The maximum atomic E-state index is 12.4. The zero-order chi connectivity index (χ0) is 19.5. The standard InChI is InChI=1S/C17H25F2N3O4.ClH/c1-17(2)10-21(5-4-15(17)20)8-11-6-13(25-3)14(26-9-16(18)19)7-12(11)22(23)24;/h6-7,15-16H,4-5,8-10,20H2,1-3H3;1H. The van der Waals surface area contributed by atoms with Gasteiger partial charge in [-0.2, -0.15) is 0 Å². The summed E-state index contributed by atoms with van der Waals surface area (Å²) in [5.74, 6) is 0.128. The van der Waals surface area contributed by atoms with Gasteiger partial charge in [0.1, 0.15) is 6.61 Å². The Bertz CT molecular complexity index is 661. The van der Waals surface area contributed by atoms with Crippen LogP contribution >= 0.6 is 12.4 Å². The SMILES string of the molecule is COc1cc(CN2CCC(N)C(C)(C)C2)c([N+](=O)[O-])cc1OCC(F)F.Cl. The Labute approximate surface area is 163 Å². The molecular weight excluding hydrogens is 384 g/mol. The minimum Gasteiger partial charge on any atom is -0.493 e. The molecule has 1 fully saturated rings. The quantitative estimate of drug-likeness (QED) is 0.549. The zero-order valence-electron chi connectivity index (χ0n) is 15.6. The van der Waals surface area contributed by atoms with Crippen molar-refractivity contribution < 1.29 is 23.2 Å². The van der Waals surface area contributed by atoms with Crippen molar-refractivity contribution in [2.45, 2.75) is 39.3 Å². The maximum Gasteiger partial charge on any atom is 0.277 e. The number of hydrogen-bond donors (Lipinski definition) is 1. The Kier molecular flexibility index (Phi) is 8.19. The van der Waals surface area contributed by atoms with E-state index in [1.54, 1.807) is 0 Å². The van der Waals surface area contributed by atoms with E-state index in [9.17, 15) is 18.9 Å². The van der Waals surface area contributed by atoms with Crippen LogP contribution in [0.1, 0.15) is 25.8 Å². The van der Waals surface area contributed by atoms with Gasteiger partial charge in [0.25, 0.3) is 12.1 Å². The van der Waals surface area contributed by atoms with E-state index < -0.39 is 18.0 Å². The molecule has 154 valence electrons. The van der Waals surface area contributed by atoms with Crippen molar-refractivity contribution in [2.24, 2.45) is 11.1 Å². The van der Waals surface area contributed by atoms with Crippen LogP contribution in [0.5, 0.6) is 11.5 Å². The molecule has 0 aromatic heterocycles. The highest BCUT2D eigenvalue weighted by Crippen LogP contribution is 2.37. The van der Waals surface area contributed by atoms with Crippen molar-refractivity contribution in [1.29, 1.82) is 0 Å². The summed E-state index contributed by atoms with van der Waals surface area (Å²) in [5, 5.41) is 11.5. The highest BCUT2D eigenvalue weighted by atomic mass is 35.5. The zero-order valence-corrected chi connectivity index (χ0v) is 16.4. The number of halogens is 3. The number of ether oxygens (including phenoxy) is 2. The lowest BCUT2D eigenvalue weighted by molar-refractivity contribution is -0.385. The molecule has 1 aromatic rings. The second kappa shape index (κ2) is 9.48. The molecule has 2 rings (SSSR count). The van der Waals surface area contributed by atoms with Gasteiger partial charge in [-0.1, -0.05) is 13.8 Å². The molecule has 1 aliphatic heterocycles. The van der Waals surface area contributed by atoms with Crippen molar-refractivity contribution in [2.75, 3.05) is 26.8 Å². The molecule has 7 nitrogen and oxygen atoms in total. The van der Waals surface area contributed by atoms with Gasteiger partial charge in [-0.05, 0) is 17.9 Å². The molecule has 0 amide bonds. The van der Waals surface area contributed by atoms with Gasteiger partial charge < -0.3 is 15.2 Å². The van der Waals surface area contributed by atoms with E-state index in [0.717, 1.165) is 19.0 Å². The average Bonchev–Trinajstić information content (AvgIpc) is 2.55. The van der Waals surface area contributed by atoms with Gasteiger partial charge in [0.2, 0.25) is 0 Å². The third-order valence-corrected chi connectivity index (χ3v) is 4.71. The van der Waals surface area contributed by atoms with Gasteiger partial charge >= 0.3 is 0 Å². The molecule has 1 aromatic carbocycles. The Morgan fingerprint density at radius 2 is 2.07 bits per heavy atom. The van der Waals surface area contributed by atoms with E-state index >= 15 is 0 Å². The number of rotatable bonds is 7. The van der Waals surface area contributed by atoms with Gasteiger partial charge in [0.15, 0.2) is 11.5 Å². The summed E-state index contributed by atoms with van der Waals surface area (Å²) in [5.41, 5.74) is 6.31. The van der Waals surface area contributed by atoms with Crippen LogP contribution < -0.4 is 15.2 Å². The number of alkyl halides is 2. The van der Waals surface area contributed by atoms with E-state index in [2.05, 4.69) is 18.7 Å². The van der Waals surface area contributed by atoms with Crippen LogP contribution in [-0.4, -0.2) is 49.1 Å². The van der Waals surface area contributed by atoms with Crippen LogP contribution in [0.3, 0.4) is 0 Å². The Hall–Kier alpha value is -1.71. The van der Waals surface area contributed by atoms with Gasteiger partial charge in [-0.3, -0.25) is 15.0 Å². The monoisotopic (exact) mass is 409 g/mol. The first-order chi connectivity index (χ1) is 12.1. The van der Waals surface area contributed by atoms with Crippen LogP contribution in [-0.2, 0) is 6.54 Å². The molecule has 0 radical (unpaired) electrons. The van der Waals surface area contributed by atoms with Crippen LogP contribution in [0.25, 0.3) is 0 Å². The molecule has 0 aliphatic carbocycles. The van der Waals surface area contributed by atoms with Crippen molar-refractivity contribution in [3.8, 4) is 11.5 Å². The fourth-order valence-electron chi connectivity index (χ4n) is 3.17. The number of benzene rings is 1. The fourth-order valence-corrected chi connectivity index (χ4v) is 3.17. The first-order valence-electron chi connectivity index (χ1n) is 8.38. The molecule has 0 bridgehead atoms. The number of likely N-dealkylation sites (tertiary alicyclic amines) is 1. The summed E-state index contributed by atoms with van der Waals surface area (Å²) in [6, 6.07) is 2.71. The highest BCUT2D eigenvalue weighted by molar-refractivity contribution is 5.85. The molecule has 10 heteroatoms. The van der Waals surface area contributed by atoms with Crippen LogP contribution in [0.2, 0.25) is 0 Å². The number of methoxy groups -OCH3 is 1. The predicted molar refractivity (Wildman–Crippen MR) is 100 cm³/mol. The Balaban J connectivity index is 0.00000364. The molecular formula is C17H26ClF2N3O4. The number of nitro benzene ring substituents is 1. The number of nitrogens with zero attached hydrogens (tertiary/aromatic N) is 2. The average molecular weight is 410 g/mol. The van der Waals surface area contributed by atoms with Crippen molar-refractivity contribution in [3.63, 3.8) is 0 Å². The first-order valence-corrected chi connectivity index (χ1v) is 8.38. The smallest absolute Gasteiger partial charge is 0.277 e. The van der Waals surface area contributed by atoms with E-state index in [4.69, 9.17) is 15.2 Å². The lowest BCUT2D eigenvalue weighted by atomic mass is 9.79. The topological polar surface area (TPSA) is 90.9 Å². The Morgan fingerprint density at radius 1 is 1.41 bits per heavy atom. The van der Waals surface area contributed by atoms with Crippen molar-refractivity contribution in [1.82, 2.24) is 4.90 Å². The third kappa shape index (κ3) is 5.88. The summed E-state index contributed by atoms with van der Waals surface area (Å²) in [7, 11) is 1.36. The molecule has 1 atom stereocenters. The number of piperidine rings is 1. The van der Waals surface area contributed by atoms with Crippen LogP contribution in [0.15, 0.2) is 12.1 Å². The fraction of sp³-hybridized carbons (Fsp3) is 0.647. The minimum absolute atomic E-state index is 0. The molecule has 1 heterocycles. The molecule has 1 unspecified atom stereocenters. The molecule has 1 aliphatic rings. The molecule has 2 N–H and O–H groups in total. The van der Waals surface area contributed by atoms with Crippen LogP contribution in [0.4, 0.5) is 14.5 Å². The normalized spacial score (nSPS) is 19.4. The number of nitrogens with two attached hydrogens (primary N) is 1. The van der Waals surface area contributed by atoms with Gasteiger partial charge in [0, 0.05) is 31.2 Å². The van der Waals surface area contributed by atoms with Crippen LogP contribution in [0, 0.1) is 15.5 Å². The Morgan fingerprint density at radius 3 is 2.59 bits per heavy atom. The lowest BCUT2D eigenvalue weighted by Gasteiger charge is -2.42. The maximum absolute atomic E-state index is 12.4. The van der Waals surface area contributed by atoms with Crippen molar-refractivity contribution in [3.05, 3.63) is 27.8 Å². The molecule has 27 heavy (non-hydrogen) atoms. The molecule has 1 saturated heterocycles. The highest BCUT2D eigenvalue weighted by Gasteiger charge is 2.34. The summed E-state index contributed by atoms with van der Waals surface area (Å²) in [6.45, 7) is 5.06. The van der Waals surface area contributed by atoms with Gasteiger partial charge in [-0.15, -0.1) is 12.4 Å². The summed E-state index contributed by atoms with van der Waals surface area (Å²) >= 11 is 0. The first kappa shape index (κ1) is 23.3. The summed E-state index contributed by atoms with van der Waals surface area (Å²) in [4.78, 5) is 13.0. The number of hydrogen-bond acceptors (Lipinski definition) is 6. The van der Waals surface area contributed by atoms with E-state index in [1.807, 2.05) is 0 Å².